The SMILES string of the molecule is CCC1CCN(CC(COC)OC)CC(C)CN1. The summed E-state index contributed by atoms with van der Waals surface area (Å²) in [4.78, 5) is 2.53. The van der Waals surface area contributed by atoms with Crippen molar-refractivity contribution in [2.75, 3.05) is 47.0 Å². The predicted octanol–water partition coefficient (Wildman–Crippen LogP) is 1.36. The van der Waals surface area contributed by atoms with Crippen molar-refractivity contribution in [3.8, 4) is 0 Å². The fraction of sp³-hybridized carbons (Fsp3) is 1.00. The maximum absolute atomic E-state index is 5.47. The summed E-state index contributed by atoms with van der Waals surface area (Å²) >= 11 is 0. The van der Waals surface area contributed by atoms with Crippen LogP contribution in [0.5, 0.6) is 0 Å². The average Bonchev–Trinajstić information content (AvgIpc) is 2.35. The summed E-state index contributed by atoms with van der Waals surface area (Å²) in [5.74, 6) is 0.694. The minimum atomic E-state index is 0.190. The van der Waals surface area contributed by atoms with Crippen molar-refractivity contribution in [3.63, 3.8) is 0 Å². The molecule has 1 fully saturated rings. The van der Waals surface area contributed by atoms with Crippen LogP contribution in [0.3, 0.4) is 0 Å². The number of hydrogen-bond acceptors (Lipinski definition) is 4. The first-order valence-electron chi connectivity index (χ1n) is 7.17. The molecule has 1 N–H and O–H groups in total. The lowest BCUT2D eigenvalue weighted by molar-refractivity contribution is 0.00176. The highest BCUT2D eigenvalue weighted by atomic mass is 16.5. The van der Waals surface area contributed by atoms with E-state index in [0.29, 0.717) is 18.6 Å². The van der Waals surface area contributed by atoms with E-state index in [4.69, 9.17) is 9.47 Å². The lowest BCUT2D eigenvalue weighted by Gasteiger charge is -2.33. The maximum Gasteiger partial charge on any atom is 0.0931 e. The van der Waals surface area contributed by atoms with Gasteiger partial charge in [-0.3, -0.25) is 0 Å². The molecule has 1 rings (SSSR count). The average molecular weight is 258 g/mol. The Morgan fingerprint density at radius 2 is 2.17 bits per heavy atom. The van der Waals surface area contributed by atoms with Gasteiger partial charge in [-0.05, 0) is 31.8 Å². The summed E-state index contributed by atoms with van der Waals surface area (Å²) in [5.41, 5.74) is 0. The van der Waals surface area contributed by atoms with Gasteiger partial charge in [-0.1, -0.05) is 13.8 Å². The van der Waals surface area contributed by atoms with Crippen LogP contribution in [0, 0.1) is 5.92 Å². The third kappa shape index (κ3) is 5.65. The lowest BCUT2D eigenvalue weighted by Crippen LogP contribution is -2.46. The van der Waals surface area contributed by atoms with Crippen LogP contribution in [-0.4, -0.2) is 64.1 Å². The van der Waals surface area contributed by atoms with Crippen LogP contribution in [0.15, 0.2) is 0 Å². The molecule has 1 aliphatic rings. The summed E-state index contributed by atoms with van der Waals surface area (Å²) in [6.45, 7) is 9.65. The largest absolute Gasteiger partial charge is 0.382 e. The molecule has 0 bridgehead atoms. The van der Waals surface area contributed by atoms with Crippen LogP contribution in [0.25, 0.3) is 0 Å². The Hall–Kier alpha value is -0.160. The molecule has 18 heavy (non-hydrogen) atoms. The smallest absolute Gasteiger partial charge is 0.0931 e. The third-order valence-corrected chi connectivity index (χ3v) is 3.76. The number of rotatable bonds is 6. The van der Waals surface area contributed by atoms with Gasteiger partial charge in [0.2, 0.25) is 0 Å². The van der Waals surface area contributed by atoms with Gasteiger partial charge in [0, 0.05) is 33.4 Å². The molecule has 0 amide bonds. The molecule has 0 aromatic heterocycles. The maximum atomic E-state index is 5.47. The van der Waals surface area contributed by atoms with Crippen molar-refractivity contribution in [1.82, 2.24) is 10.2 Å². The number of ether oxygens (including phenoxy) is 2. The highest BCUT2D eigenvalue weighted by Gasteiger charge is 2.20. The fourth-order valence-electron chi connectivity index (χ4n) is 2.59. The zero-order valence-corrected chi connectivity index (χ0v) is 12.4. The van der Waals surface area contributed by atoms with Crippen molar-refractivity contribution in [1.29, 1.82) is 0 Å². The molecular weight excluding hydrogens is 228 g/mol. The highest BCUT2D eigenvalue weighted by molar-refractivity contribution is 4.77. The molecule has 0 aliphatic carbocycles. The molecule has 1 saturated heterocycles. The van der Waals surface area contributed by atoms with Crippen LogP contribution in [0.1, 0.15) is 26.7 Å². The molecule has 108 valence electrons. The van der Waals surface area contributed by atoms with E-state index in [0.717, 1.165) is 26.2 Å². The summed E-state index contributed by atoms with van der Waals surface area (Å²) in [7, 11) is 3.51. The van der Waals surface area contributed by atoms with E-state index in [2.05, 4.69) is 24.1 Å². The van der Waals surface area contributed by atoms with Crippen molar-refractivity contribution in [2.45, 2.75) is 38.8 Å². The van der Waals surface area contributed by atoms with Gasteiger partial charge in [-0.25, -0.2) is 0 Å². The van der Waals surface area contributed by atoms with E-state index >= 15 is 0 Å². The Labute approximate surface area is 112 Å². The number of nitrogens with zero attached hydrogens (tertiary/aromatic N) is 1. The lowest BCUT2D eigenvalue weighted by atomic mass is 10.0. The monoisotopic (exact) mass is 258 g/mol. The van der Waals surface area contributed by atoms with Crippen LogP contribution < -0.4 is 5.32 Å². The summed E-state index contributed by atoms with van der Waals surface area (Å²) in [5, 5.41) is 3.65. The van der Waals surface area contributed by atoms with Crippen molar-refractivity contribution >= 4 is 0 Å². The second-order valence-corrected chi connectivity index (χ2v) is 5.48. The van der Waals surface area contributed by atoms with Crippen molar-refractivity contribution < 1.29 is 9.47 Å². The highest BCUT2D eigenvalue weighted by Crippen LogP contribution is 2.10. The number of hydrogen-bond donors (Lipinski definition) is 1. The van der Waals surface area contributed by atoms with Crippen molar-refractivity contribution in [2.24, 2.45) is 5.92 Å². The fourth-order valence-corrected chi connectivity index (χ4v) is 2.59. The molecule has 0 aromatic rings. The Bertz CT molecular complexity index is 214. The Kier molecular flexibility index (Phi) is 7.82. The molecule has 0 aromatic carbocycles. The summed E-state index contributed by atoms with van der Waals surface area (Å²) < 4.78 is 10.7. The quantitative estimate of drug-likeness (QED) is 0.780. The van der Waals surface area contributed by atoms with Crippen molar-refractivity contribution in [3.05, 3.63) is 0 Å². The topological polar surface area (TPSA) is 33.7 Å². The molecule has 3 atom stereocenters. The third-order valence-electron chi connectivity index (χ3n) is 3.76. The van der Waals surface area contributed by atoms with E-state index in [9.17, 15) is 0 Å². The molecule has 0 saturated carbocycles. The first kappa shape index (κ1) is 15.9. The van der Waals surface area contributed by atoms with Gasteiger partial charge in [0.25, 0.3) is 0 Å². The van der Waals surface area contributed by atoms with Gasteiger partial charge < -0.3 is 19.7 Å². The molecule has 4 heteroatoms. The van der Waals surface area contributed by atoms with Gasteiger partial charge in [0.15, 0.2) is 0 Å². The molecular formula is C14H30N2O2. The van der Waals surface area contributed by atoms with Gasteiger partial charge in [-0.2, -0.15) is 0 Å². The Balaban J connectivity index is 2.46. The van der Waals surface area contributed by atoms with Crippen LogP contribution >= 0.6 is 0 Å². The van der Waals surface area contributed by atoms with Gasteiger partial charge in [-0.15, -0.1) is 0 Å². The normalized spacial score (nSPS) is 28.7. The minimum Gasteiger partial charge on any atom is -0.382 e. The van der Waals surface area contributed by atoms with E-state index in [1.165, 1.54) is 12.8 Å². The first-order chi connectivity index (χ1) is 8.69. The zero-order valence-electron chi connectivity index (χ0n) is 12.4. The summed E-state index contributed by atoms with van der Waals surface area (Å²) in [6.07, 6.45) is 2.63. The number of nitrogens with one attached hydrogen (secondary N) is 1. The second kappa shape index (κ2) is 8.86. The second-order valence-electron chi connectivity index (χ2n) is 5.48. The standard InChI is InChI=1S/C14H30N2O2/c1-5-13-6-7-16(9-12(2)8-15-13)10-14(18-4)11-17-3/h12-15H,5-11H2,1-4H3. The van der Waals surface area contributed by atoms with Gasteiger partial charge >= 0.3 is 0 Å². The van der Waals surface area contributed by atoms with E-state index in [1.54, 1.807) is 14.2 Å². The van der Waals surface area contributed by atoms with Gasteiger partial charge in [0.1, 0.15) is 0 Å². The van der Waals surface area contributed by atoms with Crippen LogP contribution in [0.4, 0.5) is 0 Å². The number of methoxy groups -OCH3 is 2. The van der Waals surface area contributed by atoms with Crippen LogP contribution in [-0.2, 0) is 9.47 Å². The Morgan fingerprint density at radius 3 is 2.78 bits per heavy atom. The predicted molar refractivity (Wildman–Crippen MR) is 75.0 cm³/mol. The van der Waals surface area contributed by atoms with E-state index in [-0.39, 0.29) is 6.10 Å². The van der Waals surface area contributed by atoms with Gasteiger partial charge in [0.05, 0.1) is 12.7 Å². The molecule has 4 nitrogen and oxygen atoms in total. The molecule has 0 spiro atoms. The molecule has 1 aliphatic heterocycles. The summed E-state index contributed by atoms with van der Waals surface area (Å²) in [6, 6.07) is 0.665. The molecule has 0 radical (unpaired) electrons. The van der Waals surface area contributed by atoms with E-state index in [1.807, 2.05) is 0 Å². The zero-order chi connectivity index (χ0) is 13.4. The first-order valence-corrected chi connectivity index (χ1v) is 7.17. The molecule has 1 heterocycles. The molecule has 3 unspecified atom stereocenters. The van der Waals surface area contributed by atoms with Crippen LogP contribution in [0.2, 0.25) is 0 Å². The minimum absolute atomic E-state index is 0.190. The van der Waals surface area contributed by atoms with E-state index < -0.39 is 0 Å². The Morgan fingerprint density at radius 1 is 1.39 bits per heavy atom.